The summed E-state index contributed by atoms with van der Waals surface area (Å²) in [5.74, 6) is 0.718. The van der Waals surface area contributed by atoms with Gasteiger partial charge in [0.15, 0.2) is 0 Å². The van der Waals surface area contributed by atoms with Gasteiger partial charge in [0, 0.05) is 44.4 Å². The number of benzene rings is 1. The second kappa shape index (κ2) is 5.90. The lowest BCUT2D eigenvalue weighted by Gasteiger charge is -2.17. The van der Waals surface area contributed by atoms with E-state index in [1.54, 1.807) is 6.07 Å². The van der Waals surface area contributed by atoms with E-state index >= 15 is 0 Å². The third-order valence-corrected chi connectivity index (χ3v) is 4.53. The fourth-order valence-corrected chi connectivity index (χ4v) is 3.63. The molecule has 0 aliphatic carbocycles. The highest BCUT2D eigenvalue weighted by Gasteiger charge is 2.17. The lowest BCUT2D eigenvalue weighted by molar-refractivity contribution is -0.384. The molecule has 0 radical (unpaired) electrons. The SMILES string of the molecule is CC(C)(N)CS(=O)Cc1ccc([N+](=O)[O-])cc1Br. The van der Waals surface area contributed by atoms with E-state index in [0.717, 1.165) is 5.56 Å². The van der Waals surface area contributed by atoms with Crippen molar-refractivity contribution in [2.24, 2.45) is 5.73 Å². The average Bonchev–Trinajstić information content (AvgIpc) is 2.17. The zero-order valence-electron chi connectivity index (χ0n) is 10.2. The van der Waals surface area contributed by atoms with Crippen LogP contribution in [0.5, 0.6) is 0 Å². The summed E-state index contributed by atoms with van der Waals surface area (Å²) < 4.78 is 12.5. The normalized spacial score (nSPS) is 13.3. The third-order valence-electron chi connectivity index (χ3n) is 2.10. The second-order valence-electron chi connectivity index (χ2n) is 4.75. The van der Waals surface area contributed by atoms with Crippen LogP contribution in [0.2, 0.25) is 0 Å². The van der Waals surface area contributed by atoms with Crippen LogP contribution >= 0.6 is 15.9 Å². The van der Waals surface area contributed by atoms with Gasteiger partial charge in [-0.15, -0.1) is 0 Å². The van der Waals surface area contributed by atoms with E-state index in [2.05, 4.69) is 15.9 Å². The third kappa shape index (κ3) is 4.83. The van der Waals surface area contributed by atoms with E-state index in [9.17, 15) is 14.3 Å². The Hall–Kier alpha value is -0.790. The van der Waals surface area contributed by atoms with Gasteiger partial charge in [-0.2, -0.15) is 0 Å². The summed E-state index contributed by atoms with van der Waals surface area (Å²) in [6, 6.07) is 4.44. The van der Waals surface area contributed by atoms with E-state index in [0.29, 0.717) is 16.0 Å². The van der Waals surface area contributed by atoms with Crippen LogP contribution in [0.4, 0.5) is 5.69 Å². The van der Waals surface area contributed by atoms with Crippen molar-refractivity contribution < 1.29 is 9.13 Å². The molecule has 2 N–H and O–H groups in total. The molecule has 0 spiro atoms. The molecule has 0 saturated heterocycles. The predicted octanol–water partition coefficient (Wildman–Crippen LogP) is 2.34. The van der Waals surface area contributed by atoms with Gasteiger partial charge in [-0.1, -0.05) is 22.0 Å². The van der Waals surface area contributed by atoms with Crippen molar-refractivity contribution >= 4 is 32.4 Å². The average molecular weight is 335 g/mol. The van der Waals surface area contributed by atoms with Crippen LogP contribution in [0.3, 0.4) is 0 Å². The molecule has 0 aliphatic heterocycles. The molecule has 0 aromatic heterocycles. The van der Waals surface area contributed by atoms with Gasteiger partial charge >= 0.3 is 0 Å². The number of nitrogens with two attached hydrogens (primary N) is 1. The highest BCUT2D eigenvalue weighted by Crippen LogP contribution is 2.24. The lowest BCUT2D eigenvalue weighted by atomic mass is 10.1. The number of hydrogen-bond acceptors (Lipinski definition) is 4. The van der Waals surface area contributed by atoms with E-state index in [1.165, 1.54) is 12.1 Å². The van der Waals surface area contributed by atoms with Crippen molar-refractivity contribution in [2.45, 2.75) is 25.1 Å². The van der Waals surface area contributed by atoms with Crippen molar-refractivity contribution in [1.82, 2.24) is 0 Å². The number of hydrogen-bond donors (Lipinski definition) is 1. The molecule has 0 amide bonds. The molecule has 1 aromatic rings. The molecule has 0 bridgehead atoms. The van der Waals surface area contributed by atoms with Crippen LogP contribution in [0.1, 0.15) is 19.4 Å². The van der Waals surface area contributed by atoms with Crippen LogP contribution in [0, 0.1) is 10.1 Å². The molecular formula is C11H15BrN2O3S. The molecular weight excluding hydrogens is 320 g/mol. The number of halogens is 1. The maximum absolute atomic E-state index is 11.9. The van der Waals surface area contributed by atoms with Gasteiger partial charge < -0.3 is 5.73 Å². The molecule has 0 aliphatic rings. The zero-order chi connectivity index (χ0) is 13.9. The molecule has 0 saturated carbocycles. The summed E-state index contributed by atoms with van der Waals surface area (Å²) >= 11 is 3.25. The molecule has 1 atom stereocenters. The van der Waals surface area contributed by atoms with Crippen molar-refractivity contribution in [3.63, 3.8) is 0 Å². The lowest BCUT2D eigenvalue weighted by Crippen LogP contribution is -2.38. The first-order valence-electron chi connectivity index (χ1n) is 5.26. The Morgan fingerprint density at radius 1 is 1.50 bits per heavy atom. The molecule has 1 rings (SSSR count). The molecule has 7 heteroatoms. The van der Waals surface area contributed by atoms with Gasteiger partial charge in [-0.3, -0.25) is 14.3 Å². The quantitative estimate of drug-likeness (QED) is 0.661. The second-order valence-corrected chi connectivity index (χ2v) is 7.06. The highest BCUT2D eigenvalue weighted by atomic mass is 79.9. The van der Waals surface area contributed by atoms with Crippen molar-refractivity contribution in [2.75, 3.05) is 5.75 Å². The van der Waals surface area contributed by atoms with Crippen LogP contribution in [0.15, 0.2) is 22.7 Å². The highest BCUT2D eigenvalue weighted by molar-refractivity contribution is 9.10. The smallest absolute Gasteiger partial charge is 0.270 e. The Labute approximate surface area is 116 Å². The van der Waals surface area contributed by atoms with Gasteiger partial charge in [-0.25, -0.2) is 0 Å². The van der Waals surface area contributed by atoms with Gasteiger partial charge in [0.05, 0.1) is 4.92 Å². The molecule has 1 aromatic carbocycles. The van der Waals surface area contributed by atoms with Crippen LogP contribution in [-0.4, -0.2) is 20.4 Å². The van der Waals surface area contributed by atoms with Gasteiger partial charge in [0.25, 0.3) is 5.69 Å². The first kappa shape index (κ1) is 15.3. The zero-order valence-corrected chi connectivity index (χ0v) is 12.6. The minimum Gasteiger partial charge on any atom is -0.325 e. The Morgan fingerprint density at radius 2 is 2.11 bits per heavy atom. The fraction of sp³-hybridized carbons (Fsp3) is 0.455. The largest absolute Gasteiger partial charge is 0.325 e. The maximum atomic E-state index is 11.9. The minimum atomic E-state index is -1.09. The number of nitrogens with zero attached hydrogens (tertiary/aromatic N) is 1. The van der Waals surface area contributed by atoms with Crippen LogP contribution in [-0.2, 0) is 16.6 Å². The van der Waals surface area contributed by atoms with Gasteiger partial charge in [-0.05, 0) is 19.4 Å². The molecule has 1 unspecified atom stereocenters. The number of nitro benzene ring substituents is 1. The first-order chi connectivity index (χ1) is 8.19. The monoisotopic (exact) mass is 334 g/mol. The molecule has 18 heavy (non-hydrogen) atoms. The molecule has 0 heterocycles. The summed E-state index contributed by atoms with van der Waals surface area (Å²) in [6.07, 6.45) is 0. The Kier molecular flexibility index (Phi) is 5.01. The molecule has 5 nitrogen and oxygen atoms in total. The van der Waals surface area contributed by atoms with Gasteiger partial charge in [0.2, 0.25) is 0 Å². The van der Waals surface area contributed by atoms with E-state index < -0.39 is 21.3 Å². The summed E-state index contributed by atoms with van der Waals surface area (Å²) in [5, 5.41) is 10.6. The summed E-state index contributed by atoms with van der Waals surface area (Å²) in [6.45, 7) is 3.63. The maximum Gasteiger partial charge on any atom is 0.270 e. The topological polar surface area (TPSA) is 86.2 Å². The summed E-state index contributed by atoms with van der Waals surface area (Å²) in [5.41, 5.74) is 6.10. The van der Waals surface area contributed by atoms with E-state index in [-0.39, 0.29) is 5.69 Å². The Bertz CT molecular complexity index is 486. The van der Waals surface area contributed by atoms with Crippen molar-refractivity contribution in [3.05, 3.63) is 38.3 Å². The van der Waals surface area contributed by atoms with Crippen LogP contribution < -0.4 is 5.73 Å². The van der Waals surface area contributed by atoms with Crippen LogP contribution in [0.25, 0.3) is 0 Å². The van der Waals surface area contributed by atoms with Crippen molar-refractivity contribution in [3.8, 4) is 0 Å². The first-order valence-corrected chi connectivity index (χ1v) is 7.54. The van der Waals surface area contributed by atoms with Gasteiger partial charge in [0.1, 0.15) is 0 Å². The minimum absolute atomic E-state index is 0.00978. The predicted molar refractivity (Wildman–Crippen MR) is 75.8 cm³/mol. The fourth-order valence-electron chi connectivity index (χ4n) is 1.41. The molecule has 0 fully saturated rings. The summed E-state index contributed by atoms with van der Waals surface area (Å²) in [4.78, 5) is 10.1. The number of rotatable bonds is 5. The molecule has 100 valence electrons. The van der Waals surface area contributed by atoms with E-state index in [4.69, 9.17) is 5.73 Å². The number of nitro groups is 1. The Balaban J connectivity index is 2.80. The van der Waals surface area contributed by atoms with E-state index in [1.807, 2.05) is 13.8 Å². The summed E-state index contributed by atoms with van der Waals surface area (Å²) in [7, 11) is -1.09. The number of non-ortho nitro benzene ring substituents is 1. The Morgan fingerprint density at radius 3 is 2.56 bits per heavy atom. The standard InChI is InChI=1S/C11H15BrN2O3S/c1-11(2,13)7-18(17)6-8-3-4-9(14(15)16)5-10(8)12/h3-5H,6-7,13H2,1-2H3. The van der Waals surface area contributed by atoms with Crippen molar-refractivity contribution in [1.29, 1.82) is 0 Å².